The number of halogens is 2. The summed E-state index contributed by atoms with van der Waals surface area (Å²) < 4.78 is 23.5. The van der Waals surface area contributed by atoms with Crippen LogP contribution in [0.2, 0.25) is 10.0 Å². The lowest BCUT2D eigenvalue weighted by Gasteiger charge is -2.19. The van der Waals surface area contributed by atoms with E-state index >= 15 is 0 Å². The number of anilines is 1. The number of amides is 1. The van der Waals surface area contributed by atoms with Crippen molar-refractivity contribution >= 4 is 44.6 Å². The number of nitrogens with one attached hydrogen (secondary N) is 1. The van der Waals surface area contributed by atoms with E-state index in [4.69, 9.17) is 23.2 Å². The van der Waals surface area contributed by atoms with Crippen molar-refractivity contribution in [3.63, 3.8) is 0 Å². The highest BCUT2D eigenvalue weighted by atomic mass is 35.5. The molecule has 1 heterocycles. The summed E-state index contributed by atoms with van der Waals surface area (Å²) >= 11 is 12.0. The van der Waals surface area contributed by atoms with Gasteiger partial charge in [-0.25, -0.2) is 8.42 Å². The molecule has 1 fully saturated rings. The van der Waals surface area contributed by atoms with E-state index in [1.54, 1.807) is 18.2 Å². The average Bonchev–Trinajstić information content (AvgIpc) is 2.91. The molecule has 0 radical (unpaired) electrons. The Morgan fingerprint density at radius 3 is 2.35 bits per heavy atom. The fraction of sp³-hybridized carbons (Fsp3) is 0.278. The molecule has 138 valence electrons. The minimum Gasteiger partial charge on any atom is -0.329 e. The molecule has 8 heteroatoms. The van der Waals surface area contributed by atoms with Crippen molar-refractivity contribution in [2.24, 2.45) is 0 Å². The SMILES string of the molecule is O=C(Nc1cc(Cl)cc(Cl)c1)[C@@H]([NH2+][C@@H]1CCS(=O)(=O)C1)c1ccccc1. The van der Waals surface area contributed by atoms with Gasteiger partial charge >= 0.3 is 0 Å². The van der Waals surface area contributed by atoms with Crippen LogP contribution in [0.15, 0.2) is 48.5 Å². The third-order valence-electron chi connectivity index (χ3n) is 4.30. The predicted octanol–water partition coefficient (Wildman–Crippen LogP) is 2.42. The molecule has 1 amide bonds. The second-order valence-electron chi connectivity index (χ2n) is 6.39. The summed E-state index contributed by atoms with van der Waals surface area (Å²) in [5.41, 5.74) is 1.31. The topological polar surface area (TPSA) is 79.8 Å². The summed E-state index contributed by atoms with van der Waals surface area (Å²) in [5, 5.41) is 5.51. The van der Waals surface area contributed by atoms with Gasteiger partial charge in [0.05, 0.1) is 5.75 Å². The number of hydrogen-bond donors (Lipinski definition) is 2. The summed E-state index contributed by atoms with van der Waals surface area (Å²) in [4.78, 5) is 12.9. The molecule has 2 aromatic rings. The Morgan fingerprint density at radius 2 is 1.77 bits per heavy atom. The van der Waals surface area contributed by atoms with E-state index in [1.807, 2.05) is 35.6 Å². The maximum atomic E-state index is 12.9. The molecule has 1 aliphatic rings. The third kappa shape index (κ3) is 4.98. The highest BCUT2D eigenvalue weighted by Crippen LogP contribution is 2.23. The Balaban J connectivity index is 1.81. The van der Waals surface area contributed by atoms with Crippen molar-refractivity contribution < 1.29 is 18.5 Å². The Kier molecular flexibility index (Phi) is 5.87. The van der Waals surface area contributed by atoms with Crippen LogP contribution in [-0.2, 0) is 14.6 Å². The average molecular weight is 414 g/mol. The fourth-order valence-corrected chi connectivity index (χ4v) is 5.39. The van der Waals surface area contributed by atoms with Crippen molar-refractivity contribution in [1.82, 2.24) is 0 Å². The Hall–Kier alpha value is -1.60. The highest BCUT2D eigenvalue weighted by molar-refractivity contribution is 7.91. The first kappa shape index (κ1) is 19.2. The van der Waals surface area contributed by atoms with Crippen LogP contribution in [0.25, 0.3) is 0 Å². The number of quaternary nitrogens is 1. The second-order valence-corrected chi connectivity index (χ2v) is 9.49. The maximum absolute atomic E-state index is 12.9. The van der Waals surface area contributed by atoms with E-state index < -0.39 is 15.9 Å². The first-order valence-electron chi connectivity index (χ1n) is 8.20. The van der Waals surface area contributed by atoms with Crippen molar-refractivity contribution in [2.45, 2.75) is 18.5 Å². The number of nitrogens with two attached hydrogens (primary N) is 1. The van der Waals surface area contributed by atoms with Crippen LogP contribution >= 0.6 is 23.2 Å². The molecule has 0 bridgehead atoms. The van der Waals surface area contributed by atoms with Crippen molar-refractivity contribution in [3.8, 4) is 0 Å². The van der Waals surface area contributed by atoms with Gasteiger partial charge in [-0.3, -0.25) is 4.79 Å². The smallest absolute Gasteiger partial charge is 0.287 e. The summed E-state index contributed by atoms with van der Waals surface area (Å²) in [7, 11) is -3.02. The molecule has 0 aromatic heterocycles. The summed E-state index contributed by atoms with van der Waals surface area (Å²) in [6, 6.07) is 13.4. The highest BCUT2D eigenvalue weighted by Gasteiger charge is 2.35. The minimum atomic E-state index is -3.02. The molecule has 0 spiro atoms. The monoisotopic (exact) mass is 413 g/mol. The molecule has 1 aliphatic heterocycles. The van der Waals surface area contributed by atoms with Crippen LogP contribution in [0, 0.1) is 0 Å². The first-order valence-corrected chi connectivity index (χ1v) is 10.8. The van der Waals surface area contributed by atoms with Crippen LogP contribution in [0.1, 0.15) is 18.0 Å². The largest absolute Gasteiger partial charge is 0.329 e. The second kappa shape index (κ2) is 7.96. The number of sulfone groups is 1. The third-order valence-corrected chi connectivity index (χ3v) is 6.53. The number of rotatable bonds is 5. The number of carbonyl (C=O) groups is 1. The Morgan fingerprint density at radius 1 is 1.12 bits per heavy atom. The lowest BCUT2D eigenvalue weighted by molar-refractivity contribution is -0.710. The quantitative estimate of drug-likeness (QED) is 0.789. The molecule has 0 saturated carbocycles. The van der Waals surface area contributed by atoms with E-state index in [0.717, 1.165) is 5.56 Å². The van der Waals surface area contributed by atoms with Gasteiger partial charge in [0.2, 0.25) is 0 Å². The lowest BCUT2D eigenvalue weighted by Crippen LogP contribution is -2.93. The molecule has 2 atom stereocenters. The van der Waals surface area contributed by atoms with E-state index in [-0.39, 0.29) is 23.5 Å². The normalized spacial score (nSPS) is 19.8. The lowest BCUT2D eigenvalue weighted by atomic mass is 10.0. The van der Waals surface area contributed by atoms with Crippen LogP contribution < -0.4 is 10.6 Å². The van der Waals surface area contributed by atoms with Crippen molar-refractivity contribution in [3.05, 3.63) is 64.1 Å². The van der Waals surface area contributed by atoms with Crippen LogP contribution in [0.3, 0.4) is 0 Å². The minimum absolute atomic E-state index is 0.0899. The van der Waals surface area contributed by atoms with Gasteiger partial charge < -0.3 is 10.6 Å². The van der Waals surface area contributed by atoms with E-state index in [1.165, 1.54) is 0 Å². The van der Waals surface area contributed by atoms with Crippen molar-refractivity contribution in [2.75, 3.05) is 16.8 Å². The van der Waals surface area contributed by atoms with Gasteiger partial charge in [-0.05, 0) is 18.2 Å². The van der Waals surface area contributed by atoms with Gasteiger partial charge in [-0.2, -0.15) is 0 Å². The van der Waals surface area contributed by atoms with Gasteiger partial charge in [-0.15, -0.1) is 0 Å². The molecule has 3 rings (SSSR count). The molecule has 5 nitrogen and oxygen atoms in total. The van der Waals surface area contributed by atoms with Gasteiger partial charge in [0, 0.05) is 27.7 Å². The predicted molar refractivity (Wildman–Crippen MR) is 103 cm³/mol. The van der Waals surface area contributed by atoms with Gasteiger partial charge in [-0.1, -0.05) is 53.5 Å². The zero-order chi connectivity index (χ0) is 18.7. The maximum Gasteiger partial charge on any atom is 0.287 e. The summed E-state index contributed by atoms with van der Waals surface area (Å²) in [6.07, 6.45) is 0.544. The van der Waals surface area contributed by atoms with Gasteiger partial charge in [0.15, 0.2) is 15.9 Å². The standard InChI is InChI=1S/C18H18Cl2N2O3S/c19-13-8-14(20)10-16(9-13)22-18(23)17(12-4-2-1-3-5-12)21-15-6-7-26(24,25)11-15/h1-5,8-10,15,17,21H,6-7,11H2,(H,22,23)/p+1/t15-,17+/m1/s1. The van der Waals surface area contributed by atoms with Crippen LogP contribution in [0.5, 0.6) is 0 Å². The molecule has 3 N–H and O–H groups in total. The number of benzene rings is 2. The number of carbonyl (C=O) groups excluding carboxylic acids is 1. The summed E-state index contributed by atoms with van der Waals surface area (Å²) in [5.74, 6) is 0.00666. The molecule has 2 aromatic carbocycles. The molecular formula is C18H19Cl2N2O3S+. The van der Waals surface area contributed by atoms with E-state index in [0.29, 0.717) is 22.2 Å². The first-order chi connectivity index (χ1) is 12.3. The van der Waals surface area contributed by atoms with Gasteiger partial charge in [0.25, 0.3) is 5.91 Å². The molecular weight excluding hydrogens is 395 g/mol. The molecule has 0 unspecified atom stereocenters. The van der Waals surface area contributed by atoms with Crippen LogP contribution in [0.4, 0.5) is 5.69 Å². The summed E-state index contributed by atoms with van der Waals surface area (Å²) in [6.45, 7) is 0. The fourth-order valence-electron chi connectivity index (χ4n) is 3.10. The zero-order valence-electron chi connectivity index (χ0n) is 13.9. The number of hydrogen-bond acceptors (Lipinski definition) is 3. The Bertz CT molecular complexity index is 884. The molecule has 1 saturated heterocycles. The Labute approximate surface area is 162 Å². The molecule has 26 heavy (non-hydrogen) atoms. The van der Waals surface area contributed by atoms with Crippen LogP contribution in [-0.4, -0.2) is 31.9 Å². The van der Waals surface area contributed by atoms with Gasteiger partial charge in [0.1, 0.15) is 11.8 Å². The van der Waals surface area contributed by atoms with E-state index in [2.05, 4.69) is 5.32 Å². The van der Waals surface area contributed by atoms with E-state index in [9.17, 15) is 13.2 Å². The molecule has 0 aliphatic carbocycles. The zero-order valence-corrected chi connectivity index (χ0v) is 16.2. The van der Waals surface area contributed by atoms with Crippen molar-refractivity contribution in [1.29, 1.82) is 0 Å².